The minimum absolute atomic E-state index is 0.0194. The maximum Gasteiger partial charge on any atom is 0.412 e. The van der Waals surface area contributed by atoms with Crippen LogP contribution in [0.25, 0.3) is 11.1 Å². The van der Waals surface area contributed by atoms with Crippen LogP contribution in [0.15, 0.2) is 53.7 Å². The number of ether oxygens (including phenoxy) is 1. The Labute approximate surface area is 181 Å². The summed E-state index contributed by atoms with van der Waals surface area (Å²) in [6.45, 7) is 3.69. The van der Waals surface area contributed by atoms with Gasteiger partial charge in [-0.1, -0.05) is 11.6 Å². The summed E-state index contributed by atoms with van der Waals surface area (Å²) in [5.74, 6) is -0.355. The number of halogens is 2. The molecule has 7 nitrogen and oxygen atoms in total. The van der Waals surface area contributed by atoms with E-state index in [1.165, 1.54) is 18.3 Å². The van der Waals surface area contributed by atoms with Crippen LogP contribution in [0.3, 0.4) is 0 Å². The van der Waals surface area contributed by atoms with E-state index in [0.29, 0.717) is 22.8 Å². The molecule has 1 aromatic carbocycles. The molecule has 2 N–H and O–H groups in total. The van der Waals surface area contributed by atoms with E-state index in [0.717, 1.165) is 11.6 Å². The number of aryl methyl sites for hydroxylation is 1. The van der Waals surface area contributed by atoms with Crippen LogP contribution in [0.1, 0.15) is 12.6 Å². The number of aromatic nitrogens is 2. The Bertz CT molecular complexity index is 1070. The standard InChI is InChI=1S/C20H18ClFN4O3S/c1-3-29-20(27)25-19-9-13(6-7-23-19)14-8-17(12(2)24-11-14)26-30(28)18-5-4-15(21)10-16(18)22/h4-11,26H,3H2,1-2H3,(H,23,25,27). The Balaban J connectivity index is 1.84. The number of hydrogen-bond acceptors (Lipinski definition) is 6. The molecule has 2 aromatic heterocycles. The number of pyridine rings is 2. The van der Waals surface area contributed by atoms with E-state index in [1.54, 1.807) is 38.2 Å². The zero-order valence-corrected chi connectivity index (χ0v) is 17.7. The third-order valence-electron chi connectivity index (χ3n) is 3.98. The fraction of sp³-hybridized carbons (Fsp3) is 0.150. The second kappa shape index (κ2) is 9.75. The van der Waals surface area contributed by atoms with Gasteiger partial charge in [-0.2, -0.15) is 0 Å². The first kappa shape index (κ1) is 21.8. The number of nitrogens with one attached hydrogen (secondary N) is 2. The molecule has 3 rings (SSSR count). The van der Waals surface area contributed by atoms with E-state index in [2.05, 4.69) is 20.0 Å². The van der Waals surface area contributed by atoms with Crippen LogP contribution >= 0.6 is 11.6 Å². The average molecular weight is 449 g/mol. The van der Waals surface area contributed by atoms with Gasteiger partial charge in [0.1, 0.15) is 22.9 Å². The second-order valence-electron chi connectivity index (χ2n) is 6.08. The third kappa shape index (κ3) is 5.38. The summed E-state index contributed by atoms with van der Waals surface area (Å²) in [4.78, 5) is 20.0. The Morgan fingerprint density at radius 1 is 1.23 bits per heavy atom. The van der Waals surface area contributed by atoms with Gasteiger partial charge in [0.15, 0.2) is 5.82 Å². The highest BCUT2D eigenvalue weighted by atomic mass is 35.5. The highest BCUT2D eigenvalue weighted by Crippen LogP contribution is 2.28. The molecule has 2 heterocycles. The van der Waals surface area contributed by atoms with Crippen molar-refractivity contribution in [2.75, 3.05) is 16.6 Å². The number of amides is 1. The van der Waals surface area contributed by atoms with Crippen LogP contribution in [0, 0.1) is 12.7 Å². The summed E-state index contributed by atoms with van der Waals surface area (Å²) in [5, 5.41) is 2.75. The Morgan fingerprint density at radius 3 is 2.77 bits per heavy atom. The molecule has 156 valence electrons. The normalized spacial score (nSPS) is 11.6. The first-order chi connectivity index (χ1) is 14.4. The van der Waals surface area contributed by atoms with E-state index in [9.17, 15) is 13.7 Å². The van der Waals surface area contributed by atoms with E-state index < -0.39 is 23.3 Å². The predicted molar refractivity (Wildman–Crippen MR) is 114 cm³/mol. The number of benzene rings is 1. The van der Waals surface area contributed by atoms with Gasteiger partial charge in [0, 0.05) is 29.0 Å². The maximum atomic E-state index is 14.1. The quantitative estimate of drug-likeness (QED) is 0.518. The van der Waals surface area contributed by atoms with Crippen molar-refractivity contribution in [3.8, 4) is 11.1 Å². The van der Waals surface area contributed by atoms with Crippen LogP contribution in [0.5, 0.6) is 0 Å². The number of carbonyl (C=O) groups excluding carboxylic acids is 1. The molecule has 0 saturated heterocycles. The molecule has 30 heavy (non-hydrogen) atoms. The van der Waals surface area contributed by atoms with Crippen molar-refractivity contribution >= 4 is 40.6 Å². The van der Waals surface area contributed by atoms with Gasteiger partial charge in [-0.05, 0) is 49.7 Å². The number of rotatable bonds is 6. The number of carbonyl (C=O) groups is 1. The van der Waals surface area contributed by atoms with E-state index in [1.807, 2.05) is 0 Å². The molecule has 3 aromatic rings. The van der Waals surface area contributed by atoms with Gasteiger partial charge < -0.3 is 9.29 Å². The topological polar surface area (TPSA) is 99.2 Å². The Morgan fingerprint density at radius 2 is 2.03 bits per heavy atom. The molecule has 1 atom stereocenters. The first-order valence-electron chi connectivity index (χ1n) is 8.87. The summed E-state index contributed by atoms with van der Waals surface area (Å²) >= 11 is 3.90. The van der Waals surface area contributed by atoms with Crippen LogP contribution in [0.2, 0.25) is 5.02 Å². The molecule has 0 fully saturated rings. The van der Waals surface area contributed by atoms with E-state index in [-0.39, 0.29) is 16.5 Å². The molecule has 0 aliphatic rings. The van der Waals surface area contributed by atoms with Crippen LogP contribution < -0.4 is 10.0 Å². The molecule has 1 unspecified atom stereocenters. The molecule has 0 bridgehead atoms. The van der Waals surface area contributed by atoms with Crippen LogP contribution in [-0.2, 0) is 16.1 Å². The lowest BCUT2D eigenvalue weighted by Crippen LogP contribution is -2.16. The summed E-state index contributed by atoms with van der Waals surface area (Å²) in [7, 11) is 0. The first-order valence-corrected chi connectivity index (χ1v) is 10.4. The van der Waals surface area contributed by atoms with Crippen molar-refractivity contribution in [2.45, 2.75) is 18.7 Å². The zero-order valence-electron chi connectivity index (χ0n) is 16.1. The molecular formula is C20H18ClFN4O3S. The second-order valence-corrected chi connectivity index (χ2v) is 7.70. The fourth-order valence-corrected chi connectivity index (χ4v) is 3.63. The molecule has 0 spiro atoms. The Hall–Kier alpha value is -2.88. The van der Waals surface area contributed by atoms with Crippen molar-refractivity contribution in [2.24, 2.45) is 0 Å². The predicted octanol–water partition coefficient (Wildman–Crippen LogP) is 4.95. The summed E-state index contributed by atoms with van der Waals surface area (Å²) in [6.07, 6.45) is 2.56. The summed E-state index contributed by atoms with van der Waals surface area (Å²) < 4.78 is 34.3. The maximum absolute atomic E-state index is 14.1. The Kier molecular flexibility index (Phi) is 7.09. The summed E-state index contributed by atoms with van der Waals surface area (Å²) in [5.41, 5.74) is 2.46. The molecule has 10 heteroatoms. The van der Waals surface area contributed by atoms with Crippen molar-refractivity contribution in [3.05, 3.63) is 65.3 Å². The van der Waals surface area contributed by atoms with Crippen LogP contribution in [0.4, 0.5) is 20.7 Å². The van der Waals surface area contributed by atoms with Gasteiger partial charge in [-0.15, -0.1) is 0 Å². The molecule has 0 aliphatic carbocycles. The number of hydrogen-bond donors (Lipinski definition) is 2. The summed E-state index contributed by atoms with van der Waals surface area (Å²) in [6, 6.07) is 9.06. The lowest BCUT2D eigenvalue weighted by Gasteiger charge is -2.14. The zero-order chi connectivity index (χ0) is 21.7. The van der Waals surface area contributed by atoms with Gasteiger partial charge in [0.2, 0.25) is 4.90 Å². The van der Waals surface area contributed by atoms with Gasteiger partial charge in [-0.3, -0.25) is 10.3 Å². The molecule has 0 radical (unpaired) electrons. The van der Waals surface area contributed by atoms with Gasteiger partial charge >= 0.3 is 6.09 Å². The van der Waals surface area contributed by atoms with Crippen LogP contribution in [-0.4, -0.2) is 27.2 Å². The minimum atomic E-state index is -1.85. The van der Waals surface area contributed by atoms with Crippen molar-refractivity contribution in [1.82, 2.24) is 9.97 Å². The van der Waals surface area contributed by atoms with E-state index >= 15 is 0 Å². The lowest BCUT2D eigenvalue weighted by atomic mass is 10.1. The highest BCUT2D eigenvalue weighted by Gasteiger charge is 2.19. The minimum Gasteiger partial charge on any atom is -0.588 e. The lowest BCUT2D eigenvalue weighted by molar-refractivity contribution is 0.168. The van der Waals surface area contributed by atoms with E-state index in [4.69, 9.17) is 16.3 Å². The van der Waals surface area contributed by atoms with Gasteiger partial charge in [0.25, 0.3) is 0 Å². The smallest absolute Gasteiger partial charge is 0.412 e. The molecular weight excluding hydrogens is 431 g/mol. The number of anilines is 2. The van der Waals surface area contributed by atoms with Crippen molar-refractivity contribution in [1.29, 1.82) is 0 Å². The monoisotopic (exact) mass is 448 g/mol. The fourth-order valence-electron chi connectivity index (χ4n) is 2.52. The highest BCUT2D eigenvalue weighted by molar-refractivity contribution is 7.92. The van der Waals surface area contributed by atoms with Gasteiger partial charge in [-0.25, -0.2) is 18.9 Å². The van der Waals surface area contributed by atoms with Crippen molar-refractivity contribution in [3.63, 3.8) is 0 Å². The van der Waals surface area contributed by atoms with Gasteiger partial charge in [0.05, 0.1) is 12.3 Å². The number of nitrogens with zero attached hydrogens (tertiary/aromatic N) is 2. The average Bonchev–Trinajstić information content (AvgIpc) is 2.70. The molecule has 0 saturated carbocycles. The molecule has 0 aliphatic heterocycles. The SMILES string of the molecule is CCOC(=O)Nc1cc(-c2cnc(C)c(N[S+]([O-])c3ccc(Cl)cc3F)c2)ccn1. The van der Waals surface area contributed by atoms with Crippen molar-refractivity contribution < 1.29 is 18.5 Å². The largest absolute Gasteiger partial charge is 0.588 e. The third-order valence-corrected chi connectivity index (χ3v) is 5.35. The molecule has 1 amide bonds.